The van der Waals surface area contributed by atoms with Gasteiger partial charge in [-0.3, -0.25) is 4.79 Å². The van der Waals surface area contributed by atoms with Crippen molar-refractivity contribution in [1.29, 1.82) is 0 Å². The third kappa shape index (κ3) is 4.33. The molecule has 0 bridgehead atoms. The molecule has 1 saturated heterocycles. The zero-order valence-electron chi connectivity index (χ0n) is 17.2. The van der Waals surface area contributed by atoms with Crippen LogP contribution in [-0.2, 0) is 4.74 Å². The van der Waals surface area contributed by atoms with E-state index < -0.39 is 12.1 Å². The summed E-state index contributed by atoms with van der Waals surface area (Å²) in [6.07, 6.45) is 1.04. The topological polar surface area (TPSA) is 94.0 Å². The average Bonchev–Trinajstić information content (AvgIpc) is 2.77. The zero-order chi connectivity index (χ0) is 21.0. The van der Waals surface area contributed by atoms with Crippen LogP contribution in [0.25, 0.3) is 0 Å². The molecule has 0 aliphatic carbocycles. The highest BCUT2D eigenvalue weighted by molar-refractivity contribution is 5.92. The molecule has 3 rings (SSSR count). The number of nitrogens with zero attached hydrogens (tertiary/aromatic N) is 3. The number of hydrogen-bond acceptors (Lipinski definition) is 7. The molecule has 0 unspecified atom stereocenters. The molecule has 2 heterocycles. The van der Waals surface area contributed by atoms with E-state index in [0.717, 1.165) is 5.56 Å². The van der Waals surface area contributed by atoms with Crippen LogP contribution in [0.1, 0.15) is 47.7 Å². The van der Waals surface area contributed by atoms with Crippen LogP contribution < -0.4 is 9.47 Å². The molecular weight excluding hydrogens is 374 g/mol. The third-order valence-electron chi connectivity index (χ3n) is 4.95. The number of aliphatic hydroxyl groups is 1. The Hall–Kier alpha value is -2.71. The minimum absolute atomic E-state index is 0.110. The molecule has 156 valence electrons. The summed E-state index contributed by atoms with van der Waals surface area (Å²) in [7, 11) is 3.12. The first-order valence-corrected chi connectivity index (χ1v) is 9.58. The summed E-state index contributed by atoms with van der Waals surface area (Å²) < 4.78 is 16.5. The molecule has 8 nitrogen and oxygen atoms in total. The summed E-state index contributed by atoms with van der Waals surface area (Å²) in [6.45, 7) is 4.46. The SMILES string of the molecule is COc1ccc([C@H]2[C@H](CO)OCCN2C(=O)c2ccnc(C(C)C)n2)cc1OC. The fourth-order valence-corrected chi connectivity index (χ4v) is 3.46. The predicted molar refractivity (Wildman–Crippen MR) is 106 cm³/mol. The first-order chi connectivity index (χ1) is 14.0. The van der Waals surface area contributed by atoms with Crippen LogP contribution in [-0.4, -0.2) is 66.0 Å². The van der Waals surface area contributed by atoms with E-state index >= 15 is 0 Å². The van der Waals surface area contributed by atoms with Crippen LogP contribution in [0.3, 0.4) is 0 Å². The Labute approximate surface area is 170 Å². The Bertz CT molecular complexity index is 858. The number of benzene rings is 1. The van der Waals surface area contributed by atoms with E-state index in [2.05, 4.69) is 9.97 Å². The van der Waals surface area contributed by atoms with E-state index in [1.54, 1.807) is 43.5 Å². The Morgan fingerprint density at radius 1 is 1.28 bits per heavy atom. The smallest absolute Gasteiger partial charge is 0.273 e. The zero-order valence-corrected chi connectivity index (χ0v) is 17.2. The van der Waals surface area contributed by atoms with Gasteiger partial charge in [-0.15, -0.1) is 0 Å². The van der Waals surface area contributed by atoms with E-state index in [4.69, 9.17) is 14.2 Å². The summed E-state index contributed by atoms with van der Waals surface area (Å²) in [5.74, 6) is 1.63. The average molecular weight is 401 g/mol. The third-order valence-corrected chi connectivity index (χ3v) is 4.95. The number of carbonyl (C=O) groups excluding carboxylic acids is 1. The maximum absolute atomic E-state index is 13.3. The second-order valence-corrected chi connectivity index (χ2v) is 7.10. The molecule has 1 aliphatic heterocycles. The number of carbonyl (C=O) groups is 1. The molecule has 29 heavy (non-hydrogen) atoms. The number of methoxy groups -OCH3 is 2. The van der Waals surface area contributed by atoms with Gasteiger partial charge < -0.3 is 24.2 Å². The number of aromatic nitrogens is 2. The second kappa shape index (κ2) is 9.19. The Morgan fingerprint density at radius 2 is 2.03 bits per heavy atom. The molecule has 1 aliphatic rings. The maximum atomic E-state index is 13.3. The fraction of sp³-hybridized carbons (Fsp3) is 0.476. The maximum Gasteiger partial charge on any atom is 0.273 e. The van der Waals surface area contributed by atoms with Crippen molar-refractivity contribution in [3.8, 4) is 11.5 Å². The molecule has 0 spiro atoms. The van der Waals surface area contributed by atoms with Crippen LogP contribution in [0.5, 0.6) is 11.5 Å². The van der Waals surface area contributed by atoms with Gasteiger partial charge in [-0.05, 0) is 23.8 Å². The van der Waals surface area contributed by atoms with Crippen molar-refractivity contribution in [1.82, 2.24) is 14.9 Å². The summed E-state index contributed by atoms with van der Waals surface area (Å²) in [5.41, 5.74) is 1.11. The van der Waals surface area contributed by atoms with Gasteiger partial charge in [-0.1, -0.05) is 19.9 Å². The summed E-state index contributed by atoms with van der Waals surface area (Å²) in [4.78, 5) is 23.7. The number of hydrogen-bond donors (Lipinski definition) is 1. The quantitative estimate of drug-likeness (QED) is 0.793. The van der Waals surface area contributed by atoms with Crippen molar-refractivity contribution in [2.75, 3.05) is 34.0 Å². The largest absolute Gasteiger partial charge is 0.493 e. The van der Waals surface area contributed by atoms with Crippen molar-refractivity contribution in [3.05, 3.63) is 47.5 Å². The van der Waals surface area contributed by atoms with E-state index in [1.165, 1.54) is 0 Å². The minimum atomic E-state index is -0.558. The Morgan fingerprint density at radius 3 is 2.69 bits per heavy atom. The van der Waals surface area contributed by atoms with Crippen molar-refractivity contribution < 1.29 is 24.1 Å². The van der Waals surface area contributed by atoms with Gasteiger partial charge in [0.25, 0.3) is 5.91 Å². The van der Waals surface area contributed by atoms with Crippen LogP contribution in [0.2, 0.25) is 0 Å². The van der Waals surface area contributed by atoms with E-state index in [0.29, 0.717) is 36.2 Å². The molecule has 0 saturated carbocycles. The van der Waals surface area contributed by atoms with Gasteiger partial charge in [0.1, 0.15) is 17.6 Å². The number of rotatable bonds is 6. The summed E-state index contributed by atoms with van der Waals surface area (Å²) >= 11 is 0. The van der Waals surface area contributed by atoms with E-state index in [-0.39, 0.29) is 18.4 Å². The molecule has 1 N–H and O–H groups in total. The van der Waals surface area contributed by atoms with E-state index in [1.807, 2.05) is 19.9 Å². The summed E-state index contributed by atoms with van der Waals surface area (Å²) in [5, 5.41) is 9.89. The van der Waals surface area contributed by atoms with Gasteiger partial charge >= 0.3 is 0 Å². The highest BCUT2D eigenvalue weighted by Crippen LogP contribution is 2.36. The Kier molecular flexibility index (Phi) is 6.66. The monoisotopic (exact) mass is 401 g/mol. The Balaban J connectivity index is 2.00. The molecule has 1 aromatic heterocycles. The fourth-order valence-electron chi connectivity index (χ4n) is 3.46. The van der Waals surface area contributed by atoms with Gasteiger partial charge in [0.05, 0.1) is 33.5 Å². The first-order valence-electron chi connectivity index (χ1n) is 9.58. The molecule has 1 fully saturated rings. The molecule has 0 radical (unpaired) electrons. The van der Waals surface area contributed by atoms with E-state index in [9.17, 15) is 9.90 Å². The number of ether oxygens (including phenoxy) is 3. The molecule has 2 aromatic rings. The van der Waals surface area contributed by atoms with Gasteiger partial charge in [0, 0.05) is 18.7 Å². The number of aliphatic hydroxyl groups excluding tert-OH is 1. The lowest BCUT2D eigenvalue weighted by molar-refractivity contribution is -0.0813. The van der Waals surface area contributed by atoms with Crippen molar-refractivity contribution >= 4 is 5.91 Å². The van der Waals surface area contributed by atoms with Crippen molar-refractivity contribution in [3.63, 3.8) is 0 Å². The number of amides is 1. The van der Waals surface area contributed by atoms with Gasteiger partial charge in [0.2, 0.25) is 0 Å². The van der Waals surface area contributed by atoms with Gasteiger partial charge in [-0.25, -0.2) is 9.97 Å². The molecule has 8 heteroatoms. The second-order valence-electron chi connectivity index (χ2n) is 7.10. The lowest BCUT2D eigenvalue weighted by Gasteiger charge is -2.40. The molecular formula is C21H27N3O5. The molecule has 1 amide bonds. The van der Waals surface area contributed by atoms with Crippen molar-refractivity contribution in [2.24, 2.45) is 0 Å². The van der Waals surface area contributed by atoms with Crippen LogP contribution in [0.15, 0.2) is 30.5 Å². The lowest BCUT2D eigenvalue weighted by atomic mass is 9.97. The van der Waals surface area contributed by atoms with Crippen LogP contribution in [0, 0.1) is 0 Å². The van der Waals surface area contributed by atoms with Crippen molar-refractivity contribution in [2.45, 2.75) is 31.9 Å². The normalized spacial score (nSPS) is 19.3. The molecule has 1 aromatic carbocycles. The minimum Gasteiger partial charge on any atom is -0.493 e. The highest BCUT2D eigenvalue weighted by Gasteiger charge is 2.37. The van der Waals surface area contributed by atoms with Gasteiger partial charge in [-0.2, -0.15) is 0 Å². The molecule has 2 atom stereocenters. The van der Waals surface area contributed by atoms with Gasteiger partial charge in [0.15, 0.2) is 11.5 Å². The lowest BCUT2D eigenvalue weighted by Crippen LogP contribution is -2.49. The number of morpholine rings is 1. The first kappa shape index (κ1) is 21.0. The standard InChI is InChI=1S/C21H27N3O5/c1-13(2)20-22-8-7-15(23-20)21(26)24-9-10-29-18(12-25)19(24)14-5-6-16(27-3)17(11-14)28-4/h5-8,11,13,18-19,25H,9-10,12H2,1-4H3/t18-,19-/m0/s1. The van der Waals surface area contributed by atoms with Crippen LogP contribution in [0.4, 0.5) is 0 Å². The highest BCUT2D eigenvalue weighted by atomic mass is 16.5. The van der Waals surface area contributed by atoms with Crippen LogP contribution >= 0.6 is 0 Å². The summed E-state index contributed by atoms with van der Waals surface area (Å²) in [6, 6.07) is 6.56. The predicted octanol–water partition coefficient (Wildman–Crippen LogP) is 2.19.